The maximum Gasteiger partial charge on any atom is 0.247 e. The molecule has 1 aromatic heterocycles. The molecule has 0 bridgehead atoms. The third-order valence-electron chi connectivity index (χ3n) is 6.43. The molecule has 0 spiro atoms. The summed E-state index contributed by atoms with van der Waals surface area (Å²) in [4.78, 5) is 20.0. The van der Waals surface area contributed by atoms with Crippen LogP contribution in [0.25, 0.3) is 0 Å². The Hall–Kier alpha value is -1.86. The first-order valence-electron chi connectivity index (χ1n) is 9.58. The van der Waals surface area contributed by atoms with Crippen molar-refractivity contribution in [3.8, 4) is 0 Å². The lowest BCUT2D eigenvalue weighted by molar-refractivity contribution is -0.120. The highest BCUT2D eigenvalue weighted by atomic mass is 16.2. The molecule has 4 atom stereocenters. The van der Waals surface area contributed by atoms with Crippen LogP contribution in [0.5, 0.6) is 0 Å². The van der Waals surface area contributed by atoms with Crippen molar-refractivity contribution >= 4 is 5.91 Å². The molecule has 5 rings (SSSR count). The molecule has 1 aliphatic carbocycles. The number of fused-ring (bicyclic) bond motifs is 3. The largest absolute Gasteiger partial charge is 0.348 e. The molecule has 0 radical (unpaired) electrons. The highest BCUT2D eigenvalue weighted by Gasteiger charge is 2.51. The van der Waals surface area contributed by atoms with E-state index in [1.807, 2.05) is 12.3 Å². The lowest BCUT2D eigenvalue weighted by Gasteiger charge is -2.40. The van der Waals surface area contributed by atoms with E-state index in [0.29, 0.717) is 23.8 Å². The molecule has 0 aromatic carbocycles. The number of hydrazine groups is 1. The Bertz CT molecular complexity index is 665. The first-order chi connectivity index (χ1) is 12.3. The fourth-order valence-corrected chi connectivity index (χ4v) is 5.30. The third-order valence-corrected chi connectivity index (χ3v) is 6.43. The molecule has 134 valence electrons. The van der Waals surface area contributed by atoms with Crippen molar-refractivity contribution in [2.45, 2.75) is 50.2 Å². The Kier molecular flexibility index (Phi) is 3.78. The molecule has 4 unspecified atom stereocenters. The molecule has 1 aromatic rings. The highest BCUT2D eigenvalue weighted by molar-refractivity contribution is 5.89. The molecule has 2 saturated heterocycles. The number of nitrogens with one attached hydrogen (secondary N) is 4. The number of nitrogens with zero attached hydrogens (tertiary/aromatic N) is 2. The lowest BCUT2D eigenvalue weighted by Crippen LogP contribution is -2.54. The minimum atomic E-state index is 0.0426. The van der Waals surface area contributed by atoms with Crippen LogP contribution in [0.4, 0.5) is 0 Å². The third kappa shape index (κ3) is 2.57. The summed E-state index contributed by atoms with van der Waals surface area (Å²) in [6, 6.07) is 0.413. The monoisotopic (exact) mass is 342 g/mol. The Morgan fingerprint density at radius 2 is 2.04 bits per heavy atom. The number of rotatable bonds is 2. The zero-order chi connectivity index (χ0) is 16.8. The van der Waals surface area contributed by atoms with E-state index in [1.54, 1.807) is 6.33 Å². The number of allylic oxidation sites excluding steroid dienone is 1. The Labute approximate surface area is 147 Å². The molecule has 4 aliphatic rings. The Morgan fingerprint density at radius 3 is 2.84 bits per heavy atom. The number of amides is 1. The van der Waals surface area contributed by atoms with Gasteiger partial charge in [-0.2, -0.15) is 0 Å². The number of aromatic amines is 1. The molecule has 3 aliphatic heterocycles. The van der Waals surface area contributed by atoms with Crippen LogP contribution in [0.3, 0.4) is 0 Å². The normalized spacial score (nSPS) is 35.8. The molecule has 3 fully saturated rings. The number of piperidine rings is 1. The summed E-state index contributed by atoms with van der Waals surface area (Å²) in [6.07, 6.45) is 11.3. The average molecular weight is 342 g/mol. The van der Waals surface area contributed by atoms with Crippen LogP contribution in [0.2, 0.25) is 0 Å². The van der Waals surface area contributed by atoms with Crippen LogP contribution < -0.4 is 16.1 Å². The maximum atomic E-state index is 12.4. The van der Waals surface area contributed by atoms with Gasteiger partial charge in [-0.05, 0) is 38.8 Å². The van der Waals surface area contributed by atoms with Crippen molar-refractivity contribution in [1.82, 2.24) is 31.0 Å². The van der Waals surface area contributed by atoms with Gasteiger partial charge in [-0.1, -0.05) is 6.42 Å². The van der Waals surface area contributed by atoms with Gasteiger partial charge in [-0.25, -0.2) is 10.4 Å². The molecular weight excluding hydrogens is 316 g/mol. The van der Waals surface area contributed by atoms with Gasteiger partial charge in [0.25, 0.3) is 0 Å². The second-order valence-corrected chi connectivity index (χ2v) is 7.77. The van der Waals surface area contributed by atoms with E-state index in [4.69, 9.17) is 0 Å². The Balaban J connectivity index is 1.46. The second-order valence-electron chi connectivity index (χ2n) is 7.77. The molecular formula is C18H26N6O. The summed E-state index contributed by atoms with van der Waals surface area (Å²) in [7, 11) is 0. The second kappa shape index (κ2) is 6.14. The van der Waals surface area contributed by atoms with E-state index < -0.39 is 0 Å². The number of imidazole rings is 1. The first kappa shape index (κ1) is 15.4. The van der Waals surface area contributed by atoms with E-state index in [9.17, 15) is 4.79 Å². The van der Waals surface area contributed by atoms with Gasteiger partial charge in [-0.3, -0.25) is 9.80 Å². The standard InChI is InChI=1S/C18H26N6O/c25-16-8-15(11-4-6-19-7-5-11)24-18(22-16)17-12(14-9-20-10-21-14)2-1-3-13(17)23-24/h8-13,17-19,23H,1-7H2,(H,20,21)(H,22,25). The topological polar surface area (TPSA) is 85.1 Å². The van der Waals surface area contributed by atoms with Crippen molar-refractivity contribution in [2.75, 3.05) is 13.1 Å². The fraction of sp³-hybridized carbons (Fsp3) is 0.667. The van der Waals surface area contributed by atoms with Gasteiger partial charge in [0, 0.05) is 47.5 Å². The number of H-pyrrole nitrogens is 1. The quantitative estimate of drug-likeness (QED) is 0.639. The zero-order valence-electron chi connectivity index (χ0n) is 14.4. The van der Waals surface area contributed by atoms with Crippen molar-refractivity contribution in [3.05, 3.63) is 30.0 Å². The first-order valence-corrected chi connectivity index (χ1v) is 9.58. The van der Waals surface area contributed by atoms with Gasteiger partial charge in [0.15, 0.2) is 0 Å². The summed E-state index contributed by atoms with van der Waals surface area (Å²) in [5.41, 5.74) is 6.14. The highest BCUT2D eigenvalue weighted by Crippen LogP contribution is 2.45. The van der Waals surface area contributed by atoms with Crippen molar-refractivity contribution in [2.24, 2.45) is 11.8 Å². The van der Waals surface area contributed by atoms with E-state index in [1.165, 1.54) is 17.8 Å². The minimum Gasteiger partial charge on any atom is -0.348 e. The number of hydrogen-bond donors (Lipinski definition) is 4. The molecule has 7 heteroatoms. The summed E-state index contributed by atoms with van der Waals surface area (Å²) >= 11 is 0. The van der Waals surface area contributed by atoms with Gasteiger partial charge < -0.3 is 15.6 Å². The predicted octanol–water partition coefficient (Wildman–Crippen LogP) is 0.822. The van der Waals surface area contributed by atoms with Crippen LogP contribution in [0.15, 0.2) is 24.3 Å². The Morgan fingerprint density at radius 1 is 1.16 bits per heavy atom. The summed E-state index contributed by atoms with van der Waals surface area (Å²) in [6.45, 7) is 2.07. The van der Waals surface area contributed by atoms with Gasteiger partial charge in [-0.15, -0.1) is 0 Å². The van der Waals surface area contributed by atoms with Crippen molar-refractivity contribution < 1.29 is 4.79 Å². The van der Waals surface area contributed by atoms with Crippen molar-refractivity contribution in [3.63, 3.8) is 0 Å². The number of carbonyl (C=O) groups is 1. The van der Waals surface area contributed by atoms with Gasteiger partial charge >= 0.3 is 0 Å². The van der Waals surface area contributed by atoms with Crippen molar-refractivity contribution in [1.29, 1.82) is 0 Å². The predicted molar refractivity (Wildman–Crippen MR) is 93.0 cm³/mol. The van der Waals surface area contributed by atoms with Gasteiger partial charge in [0.1, 0.15) is 6.17 Å². The summed E-state index contributed by atoms with van der Waals surface area (Å²) in [5.74, 6) is 1.32. The summed E-state index contributed by atoms with van der Waals surface area (Å²) in [5, 5.41) is 8.95. The molecule has 4 N–H and O–H groups in total. The van der Waals surface area contributed by atoms with E-state index in [2.05, 4.69) is 31.0 Å². The number of carbonyl (C=O) groups excluding carboxylic acids is 1. The minimum absolute atomic E-state index is 0.0426. The van der Waals surface area contributed by atoms with E-state index in [0.717, 1.165) is 38.8 Å². The van der Waals surface area contributed by atoms with Crippen LogP contribution in [0.1, 0.15) is 43.7 Å². The van der Waals surface area contributed by atoms with Crippen LogP contribution in [-0.4, -0.2) is 46.2 Å². The van der Waals surface area contributed by atoms with Crippen LogP contribution in [-0.2, 0) is 4.79 Å². The van der Waals surface area contributed by atoms with Gasteiger partial charge in [0.05, 0.1) is 6.33 Å². The van der Waals surface area contributed by atoms with Gasteiger partial charge in [0.2, 0.25) is 5.91 Å². The average Bonchev–Trinajstić information content (AvgIpc) is 3.29. The SMILES string of the molecule is O=C1C=C(C2CCNCC2)N2NC3CCCC(c4cnc[nH]4)C3C2N1. The lowest BCUT2D eigenvalue weighted by atomic mass is 9.73. The number of aromatic nitrogens is 2. The summed E-state index contributed by atoms with van der Waals surface area (Å²) < 4.78 is 0. The van der Waals surface area contributed by atoms with E-state index in [-0.39, 0.29) is 12.1 Å². The zero-order valence-corrected chi connectivity index (χ0v) is 14.4. The smallest absolute Gasteiger partial charge is 0.247 e. The van der Waals surface area contributed by atoms with E-state index >= 15 is 0 Å². The molecule has 25 heavy (non-hydrogen) atoms. The fourth-order valence-electron chi connectivity index (χ4n) is 5.30. The number of hydrogen-bond acceptors (Lipinski definition) is 5. The maximum absolute atomic E-state index is 12.4. The molecule has 1 saturated carbocycles. The molecule has 1 amide bonds. The van der Waals surface area contributed by atoms with Crippen LogP contribution in [0, 0.1) is 11.8 Å². The molecule has 4 heterocycles. The molecule has 7 nitrogen and oxygen atoms in total. The van der Waals surface area contributed by atoms with Crippen LogP contribution >= 0.6 is 0 Å².